The second kappa shape index (κ2) is 11.0. The van der Waals surface area contributed by atoms with E-state index < -0.39 is 0 Å². The zero-order valence-corrected chi connectivity index (χ0v) is 20.6. The van der Waals surface area contributed by atoms with Crippen LogP contribution in [-0.4, -0.2) is 67.8 Å². The minimum absolute atomic E-state index is 0.0375. The summed E-state index contributed by atoms with van der Waals surface area (Å²) in [5.41, 5.74) is 0.966. The second-order valence-corrected chi connectivity index (χ2v) is 10.0. The molecular formula is C24H29N5O2S2. The molecule has 1 saturated heterocycles. The SMILES string of the molecule is CCCCC(=O)N1CCN(C(=O)CSc2nnc(-c3cccs3)n2-c2ccccc2)CC1C. The third kappa shape index (κ3) is 5.47. The van der Waals surface area contributed by atoms with Crippen LogP contribution in [0.4, 0.5) is 0 Å². The van der Waals surface area contributed by atoms with E-state index in [-0.39, 0.29) is 23.6 Å². The molecule has 3 aromatic rings. The van der Waals surface area contributed by atoms with Gasteiger partial charge in [0.2, 0.25) is 11.8 Å². The third-order valence-corrected chi connectivity index (χ3v) is 7.54. The molecule has 1 aromatic carbocycles. The lowest BCUT2D eigenvalue weighted by atomic mass is 10.1. The van der Waals surface area contributed by atoms with Crippen molar-refractivity contribution in [1.82, 2.24) is 24.6 Å². The Labute approximate surface area is 202 Å². The molecule has 1 atom stereocenters. The molecule has 174 valence electrons. The van der Waals surface area contributed by atoms with Crippen molar-refractivity contribution in [3.63, 3.8) is 0 Å². The minimum Gasteiger partial charge on any atom is -0.338 e. The van der Waals surface area contributed by atoms with Gasteiger partial charge in [-0.2, -0.15) is 0 Å². The highest BCUT2D eigenvalue weighted by Crippen LogP contribution is 2.30. The van der Waals surface area contributed by atoms with Crippen LogP contribution in [0.2, 0.25) is 0 Å². The molecule has 1 unspecified atom stereocenters. The summed E-state index contributed by atoms with van der Waals surface area (Å²) in [7, 11) is 0. The Balaban J connectivity index is 1.43. The molecule has 7 nitrogen and oxygen atoms in total. The highest BCUT2D eigenvalue weighted by Gasteiger charge is 2.29. The zero-order valence-electron chi connectivity index (χ0n) is 19.0. The van der Waals surface area contributed by atoms with E-state index in [2.05, 4.69) is 17.1 Å². The Kier molecular flexibility index (Phi) is 7.82. The van der Waals surface area contributed by atoms with Gasteiger partial charge in [0.1, 0.15) is 0 Å². The van der Waals surface area contributed by atoms with Gasteiger partial charge < -0.3 is 9.80 Å². The first-order valence-electron chi connectivity index (χ1n) is 11.3. The molecule has 0 radical (unpaired) electrons. The van der Waals surface area contributed by atoms with Crippen LogP contribution < -0.4 is 0 Å². The number of benzene rings is 1. The fraction of sp³-hybridized carbons (Fsp3) is 0.417. The summed E-state index contributed by atoms with van der Waals surface area (Å²) in [6.07, 6.45) is 2.51. The van der Waals surface area contributed by atoms with Crippen molar-refractivity contribution in [2.24, 2.45) is 0 Å². The number of piperazine rings is 1. The number of thiophene rings is 1. The van der Waals surface area contributed by atoms with Crippen molar-refractivity contribution in [2.45, 2.75) is 44.3 Å². The molecule has 2 amide bonds. The maximum absolute atomic E-state index is 13.0. The lowest BCUT2D eigenvalue weighted by molar-refractivity contribution is -0.141. The van der Waals surface area contributed by atoms with E-state index in [4.69, 9.17) is 0 Å². The van der Waals surface area contributed by atoms with Crippen LogP contribution in [0.25, 0.3) is 16.4 Å². The molecular weight excluding hydrogens is 454 g/mol. The van der Waals surface area contributed by atoms with Crippen LogP contribution in [-0.2, 0) is 9.59 Å². The largest absolute Gasteiger partial charge is 0.338 e. The molecule has 0 spiro atoms. The number of aromatic nitrogens is 3. The fourth-order valence-electron chi connectivity index (χ4n) is 3.98. The van der Waals surface area contributed by atoms with Crippen molar-refractivity contribution in [2.75, 3.05) is 25.4 Å². The first-order chi connectivity index (χ1) is 16.1. The number of thioether (sulfide) groups is 1. The molecule has 1 aliphatic rings. The number of rotatable bonds is 8. The highest BCUT2D eigenvalue weighted by atomic mass is 32.2. The van der Waals surface area contributed by atoms with Gasteiger partial charge in [-0.05, 0) is 36.9 Å². The Morgan fingerprint density at radius 1 is 1.09 bits per heavy atom. The van der Waals surface area contributed by atoms with Crippen LogP contribution in [0.15, 0.2) is 53.0 Å². The predicted octanol–water partition coefficient (Wildman–Crippen LogP) is 4.34. The van der Waals surface area contributed by atoms with Gasteiger partial charge in [-0.15, -0.1) is 21.5 Å². The van der Waals surface area contributed by atoms with E-state index in [1.54, 1.807) is 11.3 Å². The molecule has 1 aliphatic heterocycles. The summed E-state index contributed by atoms with van der Waals surface area (Å²) in [5, 5.41) is 11.5. The van der Waals surface area contributed by atoms with Crippen molar-refractivity contribution in [3.8, 4) is 16.4 Å². The minimum atomic E-state index is 0.0375. The number of nitrogens with zero attached hydrogens (tertiary/aromatic N) is 5. The number of para-hydroxylation sites is 1. The van der Waals surface area contributed by atoms with E-state index in [9.17, 15) is 9.59 Å². The summed E-state index contributed by atoms with van der Waals surface area (Å²) in [4.78, 5) is 30.2. The highest BCUT2D eigenvalue weighted by molar-refractivity contribution is 7.99. The van der Waals surface area contributed by atoms with Crippen LogP contribution in [0.1, 0.15) is 33.1 Å². The number of carbonyl (C=O) groups is 2. The van der Waals surface area contributed by atoms with Gasteiger partial charge >= 0.3 is 0 Å². The number of carbonyl (C=O) groups excluding carboxylic acids is 2. The lowest BCUT2D eigenvalue weighted by Crippen LogP contribution is -2.55. The zero-order chi connectivity index (χ0) is 23.2. The van der Waals surface area contributed by atoms with Gasteiger partial charge in [0, 0.05) is 37.8 Å². The molecule has 0 N–H and O–H groups in total. The van der Waals surface area contributed by atoms with Crippen molar-refractivity contribution in [3.05, 3.63) is 47.8 Å². The van der Waals surface area contributed by atoms with E-state index in [0.29, 0.717) is 31.2 Å². The fourth-order valence-corrected chi connectivity index (χ4v) is 5.54. The first kappa shape index (κ1) is 23.5. The van der Waals surface area contributed by atoms with Gasteiger partial charge in [0.25, 0.3) is 0 Å². The molecule has 4 rings (SSSR count). The number of unbranched alkanes of at least 4 members (excludes halogenated alkanes) is 1. The number of amides is 2. The Bertz CT molecular complexity index is 1070. The van der Waals surface area contributed by atoms with Gasteiger partial charge in [-0.3, -0.25) is 14.2 Å². The van der Waals surface area contributed by atoms with Crippen LogP contribution in [0, 0.1) is 0 Å². The first-order valence-corrected chi connectivity index (χ1v) is 13.2. The standard InChI is InChI=1S/C24H29N5O2S2/c1-3-4-12-21(30)28-14-13-27(16-18(28)2)22(31)17-33-24-26-25-23(20-11-8-15-32-20)29(24)19-9-6-5-7-10-19/h5-11,15,18H,3-4,12-14,16-17H2,1-2H3. The predicted molar refractivity (Wildman–Crippen MR) is 133 cm³/mol. The summed E-state index contributed by atoms with van der Waals surface area (Å²) in [5.74, 6) is 1.32. The number of hydrogen-bond donors (Lipinski definition) is 0. The topological polar surface area (TPSA) is 71.3 Å². The quantitative estimate of drug-likeness (QED) is 0.446. The smallest absolute Gasteiger partial charge is 0.233 e. The molecule has 2 aromatic heterocycles. The van der Waals surface area contributed by atoms with Crippen LogP contribution in [0.5, 0.6) is 0 Å². The average molecular weight is 484 g/mol. The summed E-state index contributed by atoms with van der Waals surface area (Å²) in [6, 6.07) is 14.0. The molecule has 0 saturated carbocycles. The van der Waals surface area contributed by atoms with E-state index in [0.717, 1.165) is 29.2 Å². The molecule has 0 aliphatic carbocycles. The molecule has 33 heavy (non-hydrogen) atoms. The number of hydrogen-bond acceptors (Lipinski definition) is 6. The van der Waals surface area contributed by atoms with Crippen molar-refractivity contribution >= 4 is 34.9 Å². The van der Waals surface area contributed by atoms with E-state index in [1.165, 1.54) is 11.8 Å². The maximum atomic E-state index is 13.0. The monoisotopic (exact) mass is 483 g/mol. The molecule has 9 heteroatoms. The second-order valence-electron chi connectivity index (χ2n) is 8.12. The van der Waals surface area contributed by atoms with E-state index in [1.807, 2.05) is 69.1 Å². The average Bonchev–Trinajstić information content (AvgIpc) is 3.51. The Morgan fingerprint density at radius 2 is 1.91 bits per heavy atom. The van der Waals surface area contributed by atoms with Crippen LogP contribution >= 0.6 is 23.1 Å². The third-order valence-electron chi connectivity index (χ3n) is 5.76. The van der Waals surface area contributed by atoms with E-state index >= 15 is 0 Å². The molecule has 1 fully saturated rings. The summed E-state index contributed by atoms with van der Waals surface area (Å²) in [6.45, 7) is 5.86. The van der Waals surface area contributed by atoms with Crippen molar-refractivity contribution in [1.29, 1.82) is 0 Å². The van der Waals surface area contributed by atoms with Crippen LogP contribution in [0.3, 0.4) is 0 Å². The Morgan fingerprint density at radius 3 is 2.61 bits per heavy atom. The van der Waals surface area contributed by atoms with Gasteiger partial charge in [0.05, 0.1) is 10.6 Å². The van der Waals surface area contributed by atoms with Crippen molar-refractivity contribution < 1.29 is 9.59 Å². The maximum Gasteiger partial charge on any atom is 0.233 e. The normalized spacial score (nSPS) is 16.2. The summed E-state index contributed by atoms with van der Waals surface area (Å²) >= 11 is 3.02. The summed E-state index contributed by atoms with van der Waals surface area (Å²) < 4.78 is 2.01. The Hall–Kier alpha value is -2.65. The molecule has 3 heterocycles. The van der Waals surface area contributed by atoms with Gasteiger partial charge in [-0.25, -0.2) is 0 Å². The van der Waals surface area contributed by atoms with Gasteiger partial charge in [0.15, 0.2) is 11.0 Å². The molecule has 0 bridgehead atoms. The van der Waals surface area contributed by atoms with Gasteiger partial charge in [-0.1, -0.05) is 49.4 Å². The lowest BCUT2D eigenvalue weighted by Gasteiger charge is -2.40.